The van der Waals surface area contributed by atoms with E-state index in [0.29, 0.717) is 27.3 Å². The summed E-state index contributed by atoms with van der Waals surface area (Å²) in [5, 5.41) is 0. The molecule has 1 aromatic carbocycles. The summed E-state index contributed by atoms with van der Waals surface area (Å²) in [6.07, 6.45) is 7.56. The van der Waals surface area contributed by atoms with Gasteiger partial charge < -0.3 is 9.47 Å². The van der Waals surface area contributed by atoms with Gasteiger partial charge in [-0.25, -0.2) is 0 Å². The van der Waals surface area contributed by atoms with Gasteiger partial charge in [0.15, 0.2) is 11.5 Å². The third kappa shape index (κ3) is 4.10. The maximum absolute atomic E-state index is 12.9. The number of amides is 1. The summed E-state index contributed by atoms with van der Waals surface area (Å²) in [5.41, 5.74) is 0.876. The second-order valence-corrected chi connectivity index (χ2v) is 8.84. The highest BCUT2D eigenvalue weighted by atomic mass is 79.9. The van der Waals surface area contributed by atoms with Crippen molar-refractivity contribution in [2.45, 2.75) is 45.1 Å². The van der Waals surface area contributed by atoms with Gasteiger partial charge in [-0.1, -0.05) is 43.2 Å². The maximum atomic E-state index is 12.9. The second kappa shape index (κ2) is 8.76. The van der Waals surface area contributed by atoms with E-state index >= 15 is 0 Å². The van der Waals surface area contributed by atoms with Crippen LogP contribution in [0.15, 0.2) is 21.5 Å². The van der Waals surface area contributed by atoms with Crippen LogP contribution in [0.25, 0.3) is 6.08 Å². The van der Waals surface area contributed by atoms with E-state index in [2.05, 4.69) is 15.9 Å². The molecule has 2 fully saturated rings. The molecule has 1 heterocycles. The number of carbonyl (C=O) groups is 1. The molecule has 1 aliphatic carbocycles. The number of hydrogen-bond acceptors (Lipinski definition) is 5. The summed E-state index contributed by atoms with van der Waals surface area (Å²) >= 11 is 10.4. The van der Waals surface area contributed by atoms with E-state index in [4.69, 9.17) is 21.7 Å². The molecule has 0 radical (unpaired) electrons. The van der Waals surface area contributed by atoms with Crippen molar-refractivity contribution in [1.29, 1.82) is 0 Å². The Kier molecular flexibility index (Phi) is 6.64. The summed E-state index contributed by atoms with van der Waals surface area (Å²) in [6, 6.07) is 4.06. The molecule has 140 valence electrons. The molecular formula is C19H22BrNO3S2. The van der Waals surface area contributed by atoms with Crippen LogP contribution in [0.4, 0.5) is 0 Å². The highest BCUT2D eigenvalue weighted by Gasteiger charge is 2.37. The third-order valence-corrected chi connectivity index (χ3v) is 6.52. The highest BCUT2D eigenvalue weighted by Crippen LogP contribution is 2.40. The van der Waals surface area contributed by atoms with Crippen molar-refractivity contribution in [1.82, 2.24) is 4.90 Å². The van der Waals surface area contributed by atoms with E-state index in [1.54, 1.807) is 7.11 Å². The molecule has 1 saturated heterocycles. The number of halogens is 1. The highest BCUT2D eigenvalue weighted by molar-refractivity contribution is 9.10. The van der Waals surface area contributed by atoms with Crippen molar-refractivity contribution in [3.8, 4) is 11.5 Å². The van der Waals surface area contributed by atoms with Gasteiger partial charge >= 0.3 is 0 Å². The zero-order chi connectivity index (χ0) is 18.7. The molecule has 0 bridgehead atoms. The average molecular weight is 456 g/mol. The SMILES string of the molecule is CCOc1c(Br)cc(/C=C2\SC(=S)N(C3CCCCC3)C2=O)cc1OC. The van der Waals surface area contributed by atoms with Crippen LogP contribution in [-0.2, 0) is 4.79 Å². The lowest BCUT2D eigenvalue weighted by Gasteiger charge is -2.29. The third-order valence-electron chi connectivity index (χ3n) is 4.60. The predicted octanol–water partition coefficient (Wildman–Crippen LogP) is 5.39. The minimum absolute atomic E-state index is 0.0240. The number of carbonyl (C=O) groups excluding carboxylic acids is 1. The molecular weight excluding hydrogens is 434 g/mol. The Morgan fingerprint density at radius 1 is 1.35 bits per heavy atom. The van der Waals surface area contributed by atoms with Crippen molar-refractivity contribution < 1.29 is 14.3 Å². The molecule has 26 heavy (non-hydrogen) atoms. The van der Waals surface area contributed by atoms with Crippen molar-refractivity contribution in [2.24, 2.45) is 0 Å². The minimum atomic E-state index is 0.0240. The van der Waals surface area contributed by atoms with E-state index < -0.39 is 0 Å². The molecule has 7 heteroatoms. The molecule has 0 unspecified atom stereocenters. The van der Waals surface area contributed by atoms with Crippen LogP contribution in [0.2, 0.25) is 0 Å². The minimum Gasteiger partial charge on any atom is -0.493 e. The summed E-state index contributed by atoms with van der Waals surface area (Å²) in [7, 11) is 1.61. The lowest BCUT2D eigenvalue weighted by atomic mass is 9.94. The Bertz CT molecular complexity index is 745. The summed E-state index contributed by atoms with van der Waals surface area (Å²) in [5.74, 6) is 1.33. The van der Waals surface area contributed by atoms with Crippen LogP contribution < -0.4 is 9.47 Å². The van der Waals surface area contributed by atoms with Crippen LogP contribution in [0.3, 0.4) is 0 Å². The summed E-state index contributed by atoms with van der Waals surface area (Å²) < 4.78 is 12.5. The molecule has 0 N–H and O–H groups in total. The van der Waals surface area contributed by atoms with Gasteiger partial charge in [0.05, 0.1) is 23.1 Å². The van der Waals surface area contributed by atoms with Gasteiger partial charge in [0.25, 0.3) is 5.91 Å². The first-order valence-corrected chi connectivity index (χ1v) is 10.8. The van der Waals surface area contributed by atoms with Crippen molar-refractivity contribution >= 4 is 56.2 Å². The van der Waals surface area contributed by atoms with Crippen molar-refractivity contribution in [3.63, 3.8) is 0 Å². The summed E-state index contributed by atoms with van der Waals surface area (Å²) in [4.78, 5) is 15.4. The molecule has 2 aliphatic rings. The van der Waals surface area contributed by atoms with Gasteiger partial charge in [0, 0.05) is 6.04 Å². The molecule has 3 rings (SSSR count). The van der Waals surface area contributed by atoms with Gasteiger partial charge in [0.1, 0.15) is 4.32 Å². The van der Waals surface area contributed by atoms with Gasteiger partial charge in [-0.15, -0.1) is 0 Å². The van der Waals surface area contributed by atoms with Crippen LogP contribution in [0, 0.1) is 0 Å². The van der Waals surface area contributed by atoms with Gasteiger partial charge in [-0.2, -0.15) is 0 Å². The van der Waals surface area contributed by atoms with E-state index in [1.807, 2.05) is 30.0 Å². The number of rotatable bonds is 5. The van der Waals surface area contributed by atoms with E-state index in [9.17, 15) is 4.79 Å². The molecule has 0 atom stereocenters. The first-order chi connectivity index (χ1) is 12.5. The first kappa shape index (κ1) is 19.7. The topological polar surface area (TPSA) is 38.8 Å². The van der Waals surface area contributed by atoms with Gasteiger partial charge in [0.2, 0.25) is 0 Å². The molecule has 0 spiro atoms. The van der Waals surface area contributed by atoms with Gasteiger partial charge in [-0.3, -0.25) is 9.69 Å². The molecule has 4 nitrogen and oxygen atoms in total. The number of hydrogen-bond donors (Lipinski definition) is 0. The zero-order valence-corrected chi connectivity index (χ0v) is 18.1. The lowest BCUT2D eigenvalue weighted by molar-refractivity contribution is -0.124. The fraction of sp³-hybridized carbons (Fsp3) is 0.474. The molecule has 1 aromatic rings. The zero-order valence-electron chi connectivity index (χ0n) is 14.9. The van der Waals surface area contributed by atoms with E-state index in [0.717, 1.165) is 22.9 Å². The van der Waals surface area contributed by atoms with Crippen LogP contribution in [0.5, 0.6) is 11.5 Å². The van der Waals surface area contributed by atoms with Gasteiger partial charge in [-0.05, 0) is 59.5 Å². The second-order valence-electron chi connectivity index (χ2n) is 6.31. The number of thioether (sulfide) groups is 1. The first-order valence-electron chi connectivity index (χ1n) is 8.82. The molecule has 1 aliphatic heterocycles. The average Bonchev–Trinajstić information content (AvgIpc) is 2.91. The number of nitrogens with zero attached hydrogens (tertiary/aromatic N) is 1. The fourth-order valence-corrected chi connectivity index (χ4v) is 5.37. The van der Waals surface area contributed by atoms with Crippen LogP contribution in [-0.4, -0.2) is 34.9 Å². The Morgan fingerprint density at radius 2 is 2.08 bits per heavy atom. The number of thiocarbonyl (C=S) groups is 1. The Hall–Kier alpha value is -1.05. The Labute approximate surface area is 172 Å². The quantitative estimate of drug-likeness (QED) is 0.439. The molecule has 1 saturated carbocycles. The number of methoxy groups -OCH3 is 1. The molecule has 1 amide bonds. The number of ether oxygens (including phenoxy) is 2. The Balaban J connectivity index is 1.87. The van der Waals surface area contributed by atoms with Crippen LogP contribution in [0.1, 0.15) is 44.6 Å². The van der Waals surface area contributed by atoms with E-state index in [1.165, 1.54) is 31.0 Å². The Morgan fingerprint density at radius 3 is 2.73 bits per heavy atom. The monoisotopic (exact) mass is 455 g/mol. The largest absolute Gasteiger partial charge is 0.493 e. The standard InChI is InChI=1S/C19H22BrNO3S2/c1-3-24-17-14(20)9-12(10-15(17)23-2)11-16-18(22)21(19(25)26-16)13-7-5-4-6-8-13/h9-11,13H,3-8H2,1-2H3/b16-11-. The molecule has 0 aromatic heterocycles. The smallest absolute Gasteiger partial charge is 0.266 e. The lowest BCUT2D eigenvalue weighted by Crippen LogP contribution is -2.39. The van der Waals surface area contributed by atoms with Crippen molar-refractivity contribution in [3.05, 3.63) is 27.1 Å². The number of benzene rings is 1. The summed E-state index contributed by atoms with van der Waals surface area (Å²) in [6.45, 7) is 2.48. The van der Waals surface area contributed by atoms with Crippen molar-refractivity contribution in [2.75, 3.05) is 13.7 Å². The normalized spacial score (nSPS) is 20.1. The fourth-order valence-electron chi connectivity index (χ4n) is 3.39. The van der Waals surface area contributed by atoms with E-state index in [-0.39, 0.29) is 11.9 Å². The predicted molar refractivity (Wildman–Crippen MR) is 114 cm³/mol. The van der Waals surface area contributed by atoms with Crippen LogP contribution >= 0.6 is 39.9 Å². The maximum Gasteiger partial charge on any atom is 0.266 e.